The highest BCUT2D eigenvalue weighted by atomic mass is 32.2. The molecule has 0 unspecified atom stereocenters. The molecule has 35 heavy (non-hydrogen) atoms. The van der Waals surface area contributed by atoms with Crippen molar-refractivity contribution in [3.05, 3.63) is 80.6 Å². The summed E-state index contributed by atoms with van der Waals surface area (Å²) in [5, 5.41) is 11.2. The van der Waals surface area contributed by atoms with E-state index >= 15 is 0 Å². The van der Waals surface area contributed by atoms with Crippen molar-refractivity contribution in [2.75, 3.05) is 17.6 Å². The smallest absolute Gasteiger partial charge is 0.392 e. The largest absolute Gasteiger partial charge is 0.441 e. The summed E-state index contributed by atoms with van der Waals surface area (Å²) in [5.74, 6) is -0.392. The fourth-order valence-electron chi connectivity index (χ4n) is 4.65. The summed E-state index contributed by atoms with van der Waals surface area (Å²) in [6.45, 7) is 0.880. The van der Waals surface area contributed by atoms with Crippen molar-refractivity contribution in [1.29, 1.82) is 0 Å². The molecule has 4 aromatic rings. The zero-order chi connectivity index (χ0) is 24.1. The molecule has 1 amide bonds. The van der Waals surface area contributed by atoms with Gasteiger partial charge in [-0.3, -0.25) is 9.59 Å². The van der Waals surface area contributed by atoms with E-state index in [9.17, 15) is 18.8 Å². The van der Waals surface area contributed by atoms with Gasteiger partial charge in [-0.2, -0.15) is 4.68 Å². The minimum atomic E-state index is -0.609. The van der Waals surface area contributed by atoms with Crippen molar-refractivity contribution in [2.24, 2.45) is 0 Å². The number of benzene rings is 2. The number of fused-ring (bicyclic) bond motifs is 1. The van der Waals surface area contributed by atoms with Gasteiger partial charge < -0.3 is 19.6 Å². The van der Waals surface area contributed by atoms with Crippen LogP contribution in [-0.2, 0) is 17.8 Å². The number of pyridine rings is 1. The lowest BCUT2D eigenvalue weighted by Crippen LogP contribution is -2.26. The van der Waals surface area contributed by atoms with Gasteiger partial charge in [0.1, 0.15) is 5.82 Å². The third kappa shape index (κ3) is 3.86. The van der Waals surface area contributed by atoms with Gasteiger partial charge in [-0.1, -0.05) is 0 Å². The number of hydrogen-bond acceptors (Lipinski definition) is 7. The molecule has 2 aliphatic rings. The van der Waals surface area contributed by atoms with Crippen LogP contribution in [0.1, 0.15) is 23.9 Å². The predicted octanol–water partition coefficient (Wildman–Crippen LogP) is 2.60. The topological polar surface area (TPSA) is 111 Å². The molecule has 11 heteroatoms. The maximum Gasteiger partial charge on any atom is 0.441 e. The molecule has 9 nitrogen and oxygen atoms in total. The summed E-state index contributed by atoms with van der Waals surface area (Å²) in [7, 11) is 0. The standard InChI is InChI=1S/C24H20FN5O4S/c25-15-6-3-13-4-8-21(32)29-11-17(22(15)23(13)29)26-9-1-2-20-28-30(24(33)34-20)14-5-7-18-16(10-14)27-19(31)12-35-18/h3-8,10,17,26H,1-2,9,11-12H2,(H,27,31)/t17-/m0/s1. The second-order valence-electron chi connectivity index (χ2n) is 8.48. The van der Waals surface area contributed by atoms with E-state index < -0.39 is 5.76 Å². The van der Waals surface area contributed by atoms with E-state index in [2.05, 4.69) is 15.7 Å². The summed E-state index contributed by atoms with van der Waals surface area (Å²) < 4.78 is 22.7. The van der Waals surface area contributed by atoms with E-state index in [1.165, 1.54) is 28.6 Å². The Morgan fingerprint density at radius 2 is 2.03 bits per heavy atom. The number of aryl methyl sites for hydroxylation is 1. The van der Waals surface area contributed by atoms with Crippen LogP contribution in [0, 0.1) is 5.82 Å². The van der Waals surface area contributed by atoms with Gasteiger partial charge in [0.15, 0.2) is 0 Å². The second-order valence-corrected chi connectivity index (χ2v) is 9.50. The Balaban J connectivity index is 1.13. The Bertz CT molecular complexity index is 1610. The molecule has 0 saturated carbocycles. The Morgan fingerprint density at radius 3 is 2.91 bits per heavy atom. The first kappa shape index (κ1) is 21.8. The number of carbonyl (C=O) groups is 1. The molecular weight excluding hydrogens is 473 g/mol. The van der Waals surface area contributed by atoms with Crippen LogP contribution < -0.4 is 21.9 Å². The summed E-state index contributed by atoms with van der Waals surface area (Å²) >= 11 is 1.44. The number of hydrogen-bond donors (Lipinski definition) is 2. The van der Waals surface area contributed by atoms with Crippen molar-refractivity contribution in [1.82, 2.24) is 19.7 Å². The SMILES string of the molecule is O=C1CSc2ccc(-n3nc(CCCN[C@H]4Cn5c(=O)ccc6ccc(F)c4c65)oc3=O)cc2N1. The highest BCUT2D eigenvalue weighted by Gasteiger charge is 2.28. The number of rotatable bonds is 6. The van der Waals surface area contributed by atoms with Crippen molar-refractivity contribution in [3.8, 4) is 5.69 Å². The van der Waals surface area contributed by atoms with Crippen LogP contribution in [0.4, 0.5) is 10.1 Å². The number of nitrogens with zero attached hydrogens (tertiary/aromatic N) is 3. The minimum absolute atomic E-state index is 0.0910. The minimum Gasteiger partial charge on any atom is -0.392 e. The number of carbonyl (C=O) groups excluding carboxylic acids is 1. The normalized spacial score (nSPS) is 16.5. The Morgan fingerprint density at radius 1 is 1.17 bits per heavy atom. The van der Waals surface area contributed by atoms with E-state index in [0.29, 0.717) is 54.1 Å². The Kier molecular flexibility index (Phi) is 5.30. The van der Waals surface area contributed by atoms with Crippen molar-refractivity contribution in [3.63, 3.8) is 0 Å². The third-order valence-electron chi connectivity index (χ3n) is 6.24. The summed E-state index contributed by atoms with van der Waals surface area (Å²) in [6, 6.07) is 11.3. The molecule has 0 radical (unpaired) electrons. The van der Waals surface area contributed by atoms with Gasteiger partial charge in [-0.15, -0.1) is 16.9 Å². The lowest BCUT2D eigenvalue weighted by Gasteiger charge is -2.16. The zero-order valence-electron chi connectivity index (χ0n) is 18.4. The molecule has 0 spiro atoms. The predicted molar refractivity (Wildman–Crippen MR) is 129 cm³/mol. The average molecular weight is 494 g/mol. The summed E-state index contributed by atoms with van der Waals surface area (Å²) in [6.07, 6.45) is 0.995. The number of anilines is 1. The number of aromatic nitrogens is 3. The number of amides is 1. The molecule has 0 fully saturated rings. The highest BCUT2D eigenvalue weighted by Crippen LogP contribution is 2.34. The van der Waals surface area contributed by atoms with Crippen LogP contribution in [0.2, 0.25) is 0 Å². The van der Waals surface area contributed by atoms with Crippen LogP contribution in [0.15, 0.2) is 61.4 Å². The maximum atomic E-state index is 14.6. The fraction of sp³-hybridized carbons (Fsp3) is 0.250. The van der Waals surface area contributed by atoms with Gasteiger partial charge in [-0.25, -0.2) is 9.18 Å². The molecule has 178 valence electrons. The van der Waals surface area contributed by atoms with Gasteiger partial charge in [0.2, 0.25) is 11.8 Å². The van der Waals surface area contributed by atoms with E-state index in [1.54, 1.807) is 28.8 Å². The van der Waals surface area contributed by atoms with Gasteiger partial charge in [0, 0.05) is 29.5 Å². The third-order valence-corrected chi connectivity index (χ3v) is 7.31. The van der Waals surface area contributed by atoms with Crippen LogP contribution in [-0.4, -0.2) is 32.6 Å². The van der Waals surface area contributed by atoms with Crippen LogP contribution in [0.25, 0.3) is 16.6 Å². The van der Waals surface area contributed by atoms with Crippen molar-refractivity contribution < 1.29 is 13.6 Å². The van der Waals surface area contributed by atoms with Gasteiger partial charge in [0.05, 0.1) is 28.7 Å². The Hall–Kier alpha value is -3.70. The molecule has 4 heterocycles. The number of thioether (sulfide) groups is 1. The molecule has 2 aliphatic heterocycles. The lowest BCUT2D eigenvalue weighted by atomic mass is 10.1. The van der Waals surface area contributed by atoms with E-state index in [1.807, 2.05) is 6.07 Å². The van der Waals surface area contributed by atoms with Crippen molar-refractivity contribution >= 4 is 34.3 Å². The summed E-state index contributed by atoms with van der Waals surface area (Å²) in [5.41, 5.74) is 2.14. The maximum absolute atomic E-state index is 14.6. The first-order valence-corrected chi connectivity index (χ1v) is 12.2. The van der Waals surface area contributed by atoms with E-state index in [-0.39, 0.29) is 29.2 Å². The molecule has 2 aromatic carbocycles. The molecule has 0 saturated heterocycles. The zero-order valence-corrected chi connectivity index (χ0v) is 19.2. The van der Waals surface area contributed by atoms with Crippen LogP contribution in [0.5, 0.6) is 0 Å². The second kappa shape index (κ2) is 8.51. The van der Waals surface area contributed by atoms with Gasteiger partial charge in [-0.05, 0) is 54.8 Å². The van der Waals surface area contributed by atoms with Crippen LogP contribution >= 0.6 is 11.8 Å². The first-order chi connectivity index (χ1) is 17.0. The van der Waals surface area contributed by atoms with E-state index in [4.69, 9.17) is 4.42 Å². The first-order valence-electron chi connectivity index (χ1n) is 11.2. The van der Waals surface area contributed by atoms with Gasteiger partial charge >= 0.3 is 5.76 Å². The van der Waals surface area contributed by atoms with Crippen molar-refractivity contribution in [2.45, 2.75) is 30.3 Å². The highest BCUT2D eigenvalue weighted by molar-refractivity contribution is 8.00. The Labute approximate surface area is 201 Å². The monoisotopic (exact) mass is 493 g/mol. The lowest BCUT2D eigenvalue weighted by molar-refractivity contribution is -0.113. The molecule has 0 bridgehead atoms. The quantitative estimate of drug-likeness (QED) is 0.397. The number of halogens is 1. The average Bonchev–Trinajstić information content (AvgIpc) is 3.42. The molecule has 2 aromatic heterocycles. The van der Waals surface area contributed by atoms with Gasteiger partial charge in [0.25, 0.3) is 5.56 Å². The molecule has 2 N–H and O–H groups in total. The summed E-state index contributed by atoms with van der Waals surface area (Å²) in [4.78, 5) is 37.2. The molecule has 1 atom stereocenters. The molecule has 0 aliphatic carbocycles. The fourth-order valence-corrected chi connectivity index (χ4v) is 5.44. The molecular formula is C24H20FN5O4S. The molecule has 6 rings (SSSR count). The van der Waals surface area contributed by atoms with E-state index in [0.717, 1.165) is 10.3 Å². The van der Waals surface area contributed by atoms with Crippen LogP contribution in [0.3, 0.4) is 0 Å². The number of nitrogens with one attached hydrogen (secondary N) is 2.